The van der Waals surface area contributed by atoms with E-state index < -0.39 is 0 Å². The molecule has 1 aromatic carbocycles. The van der Waals surface area contributed by atoms with Crippen LogP contribution in [0.5, 0.6) is 5.75 Å². The monoisotopic (exact) mass is 344 g/mol. The highest BCUT2D eigenvalue weighted by Crippen LogP contribution is 2.17. The molecule has 0 aliphatic carbocycles. The van der Waals surface area contributed by atoms with Gasteiger partial charge in [-0.25, -0.2) is 0 Å². The molecule has 2 heterocycles. The predicted octanol–water partition coefficient (Wildman–Crippen LogP) is 2.04. The summed E-state index contributed by atoms with van der Waals surface area (Å²) in [5.41, 5.74) is 0.995. The number of nitrogens with one attached hydrogen (secondary N) is 1. The van der Waals surface area contributed by atoms with Gasteiger partial charge in [-0.1, -0.05) is 12.1 Å². The first-order valence-electron chi connectivity index (χ1n) is 7.35. The second-order valence-electron chi connectivity index (χ2n) is 5.21. The van der Waals surface area contributed by atoms with Gasteiger partial charge in [-0.3, -0.25) is 9.59 Å². The fourth-order valence-corrected chi connectivity index (χ4v) is 2.93. The molecule has 0 bridgehead atoms. The molecule has 0 saturated heterocycles. The number of hydrogen-bond donors (Lipinski definition) is 1. The van der Waals surface area contributed by atoms with Gasteiger partial charge in [0, 0.05) is 11.8 Å². The molecule has 0 fully saturated rings. The number of carbonyl (C=O) groups is 1. The van der Waals surface area contributed by atoms with Crippen LogP contribution in [0.25, 0.3) is 4.96 Å². The smallest absolute Gasteiger partial charge is 0.295 e. The van der Waals surface area contributed by atoms with Crippen LogP contribution in [-0.4, -0.2) is 27.6 Å². The van der Waals surface area contributed by atoms with E-state index in [0.717, 1.165) is 11.3 Å². The number of methoxy groups -OCH3 is 1. The van der Waals surface area contributed by atoms with Crippen molar-refractivity contribution in [2.24, 2.45) is 0 Å². The lowest BCUT2D eigenvalue weighted by Gasteiger charge is -2.05. The van der Waals surface area contributed by atoms with Crippen molar-refractivity contribution in [3.05, 3.63) is 51.3 Å². The van der Waals surface area contributed by atoms with Gasteiger partial charge >= 0.3 is 0 Å². The van der Waals surface area contributed by atoms with Crippen molar-refractivity contribution in [3.63, 3.8) is 0 Å². The van der Waals surface area contributed by atoms with Crippen LogP contribution in [0.2, 0.25) is 0 Å². The molecule has 1 amide bonds. The van der Waals surface area contributed by atoms with E-state index in [9.17, 15) is 9.59 Å². The van der Waals surface area contributed by atoms with Crippen LogP contribution < -0.4 is 15.6 Å². The molecule has 0 spiro atoms. The van der Waals surface area contributed by atoms with Crippen LogP contribution in [0.4, 0.5) is 5.82 Å². The van der Waals surface area contributed by atoms with E-state index in [2.05, 4.69) is 15.4 Å². The largest absolute Gasteiger partial charge is 0.497 e. The van der Waals surface area contributed by atoms with E-state index in [1.54, 1.807) is 19.4 Å². The molecule has 0 aliphatic heterocycles. The Balaban J connectivity index is 1.66. The van der Waals surface area contributed by atoms with E-state index in [0.29, 0.717) is 29.3 Å². The first-order valence-corrected chi connectivity index (χ1v) is 8.23. The van der Waals surface area contributed by atoms with Crippen molar-refractivity contribution in [1.82, 2.24) is 14.6 Å². The zero-order chi connectivity index (χ0) is 17.1. The van der Waals surface area contributed by atoms with E-state index >= 15 is 0 Å². The van der Waals surface area contributed by atoms with Crippen LogP contribution >= 0.6 is 11.3 Å². The third kappa shape index (κ3) is 3.43. The number of anilines is 1. The lowest BCUT2D eigenvalue weighted by molar-refractivity contribution is -0.116. The van der Waals surface area contributed by atoms with Crippen LogP contribution in [-0.2, 0) is 11.2 Å². The summed E-state index contributed by atoms with van der Waals surface area (Å²) in [7, 11) is 1.62. The summed E-state index contributed by atoms with van der Waals surface area (Å²) in [6.45, 7) is 1.59. The highest BCUT2D eigenvalue weighted by atomic mass is 32.1. The molecule has 24 heavy (non-hydrogen) atoms. The Hall–Kier alpha value is -2.74. The maximum atomic E-state index is 12.1. The normalized spacial score (nSPS) is 10.8. The number of aromatic nitrogens is 3. The SMILES string of the molecule is COc1ccc(CCC(=O)Nc2csc3nc(=O)c(C)nn23)cc1. The second kappa shape index (κ2) is 6.79. The summed E-state index contributed by atoms with van der Waals surface area (Å²) < 4.78 is 6.59. The van der Waals surface area contributed by atoms with E-state index in [1.807, 2.05) is 24.3 Å². The number of hydrogen-bond acceptors (Lipinski definition) is 6. The average molecular weight is 344 g/mol. The zero-order valence-corrected chi connectivity index (χ0v) is 14.1. The first-order chi connectivity index (χ1) is 11.6. The number of fused-ring (bicyclic) bond motifs is 1. The fourth-order valence-electron chi connectivity index (χ4n) is 2.18. The van der Waals surface area contributed by atoms with Gasteiger partial charge in [0.1, 0.15) is 17.3 Å². The molecule has 7 nitrogen and oxygen atoms in total. The summed E-state index contributed by atoms with van der Waals surface area (Å²) in [6.07, 6.45) is 0.967. The van der Waals surface area contributed by atoms with Gasteiger partial charge in [-0.05, 0) is 31.0 Å². The number of amides is 1. The second-order valence-corrected chi connectivity index (χ2v) is 6.05. The van der Waals surface area contributed by atoms with Gasteiger partial charge in [0.15, 0.2) is 0 Å². The van der Waals surface area contributed by atoms with Crippen LogP contribution in [0.15, 0.2) is 34.4 Å². The topological polar surface area (TPSA) is 85.6 Å². The molecule has 1 N–H and O–H groups in total. The summed E-state index contributed by atoms with van der Waals surface area (Å²) in [6, 6.07) is 7.61. The lowest BCUT2D eigenvalue weighted by atomic mass is 10.1. The Morgan fingerprint density at radius 2 is 2.08 bits per heavy atom. The van der Waals surface area contributed by atoms with Gasteiger partial charge in [0.25, 0.3) is 5.56 Å². The molecule has 0 saturated carbocycles. The first kappa shape index (κ1) is 16.1. The van der Waals surface area contributed by atoms with Gasteiger partial charge in [0.05, 0.1) is 7.11 Å². The molecule has 124 valence electrons. The lowest BCUT2D eigenvalue weighted by Crippen LogP contribution is -2.18. The molecule has 0 aliphatic rings. The van der Waals surface area contributed by atoms with Crippen molar-refractivity contribution in [2.75, 3.05) is 12.4 Å². The molecule has 0 atom stereocenters. The van der Waals surface area contributed by atoms with E-state index in [-0.39, 0.29) is 11.5 Å². The Morgan fingerprint density at radius 1 is 1.33 bits per heavy atom. The number of rotatable bonds is 5. The van der Waals surface area contributed by atoms with Crippen molar-refractivity contribution in [3.8, 4) is 5.75 Å². The third-order valence-corrected chi connectivity index (χ3v) is 4.33. The van der Waals surface area contributed by atoms with E-state index in [4.69, 9.17) is 4.74 Å². The third-order valence-electron chi connectivity index (χ3n) is 3.51. The average Bonchev–Trinajstić information content (AvgIpc) is 2.95. The number of nitrogens with zero attached hydrogens (tertiary/aromatic N) is 3. The highest BCUT2D eigenvalue weighted by molar-refractivity contribution is 7.15. The summed E-state index contributed by atoms with van der Waals surface area (Å²) in [5, 5.41) is 8.68. The van der Waals surface area contributed by atoms with Crippen LogP contribution in [0.1, 0.15) is 17.7 Å². The number of ether oxygens (including phenoxy) is 1. The van der Waals surface area contributed by atoms with E-state index in [1.165, 1.54) is 15.9 Å². The molecule has 2 aromatic heterocycles. The number of benzene rings is 1. The molecule has 3 rings (SSSR count). The molecular formula is C16H16N4O3S. The zero-order valence-electron chi connectivity index (χ0n) is 13.3. The molecule has 0 unspecified atom stereocenters. The minimum absolute atomic E-state index is 0.122. The molecule has 0 radical (unpaired) electrons. The van der Waals surface area contributed by atoms with Crippen molar-refractivity contribution in [2.45, 2.75) is 19.8 Å². The van der Waals surface area contributed by atoms with Crippen molar-refractivity contribution in [1.29, 1.82) is 0 Å². The summed E-state index contributed by atoms with van der Waals surface area (Å²) in [5.74, 6) is 1.19. The number of thiazole rings is 1. The van der Waals surface area contributed by atoms with Crippen molar-refractivity contribution < 1.29 is 9.53 Å². The number of aryl methyl sites for hydroxylation is 2. The van der Waals surface area contributed by atoms with Gasteiger partial charge in [-0.15, -0.1) is 11.3 Å². The Labute approximate surface area is 141 Å². The maximum absolute atomic E-state index is 12.1. The standard InChI is InChI=1S/C16H16N4O3S/c1-10-15(22)18-16-20(19-10)13(9-24-16)17-14(21)8-5-11-3-6-12(23-2)7-4-11/h3-4,6-7,9H,5,8H2,1-2H3,(H,17,21). The van der Waals surface area contributed by atoms with Gasteiger partial charge in [0.2, 0.25) is 10.9 Å². The van der Waals surface area contributed by atoms with Crippen molar-refractivity contribution >= 4 is 28.0 Å². The maximum Gasteiger partial charge on any atom is 0.295 e. The minimum Gasteiger partial charge on any atom is -0.497 e. The Kier molecular flexibility index (Phi) is 4.57. The summed E-state index contributed by atoms with van der Waals surface area (Å²) in [4.78, 5) is 28.0. The molecule has 8 heteroatoms. The van der Waals surface area contributed by atoms with Gasteiger partial charge < -0.3 is 10.1 Å². The molecule has 3 aromatic rings. The summed E-state index contributed by atoms with van der Waals surface area (Å²) >= 11 is 1.26. The molecular weight excluding hydrogens is 328 g/mol. The highest BCUT2D eigenvalue weighted by Gasteiger charge is 2.11. The van der Waals surface area contributed by atoms with Crippen LogP contribution in [0, 0.1) is 6.92 Å². The van der Waals surface area contributed by atoms with Gasteiger partial charge in [-0.2, -0.15) is 14.6 Å². The number of carbonyl (C=O) groups excluding carboxylic acids is 1. The Bertz CT molecular complexity index is 931. The van der Waals surface area contributed by atoms with Crippen LogP contribution in [0.3, 0.4) is 0 Å². The Morgan fingerprint density at radius 3 is 2.79 bits per heavy atom. The fraction of sp³-hybridized carbons (Fsp3) is 0.250. The predicted molar refractivity (Wildman–Crippen MR) is 91.8 cm³/mol. The quantitative estimate of drug-likeness (QED) is 0.765. The minimum atomic E-state index is -0.353.